The topological polar surface area (TPSA) is 175 Å². The summed E-state index contributed by atoms with van der Waals surface area (Å²) in [5, 5.41) is 0. The molecule has 0 saturated heterocycles. The normalized spacial score (nSPS) is 32.3. The predicted molar refractivity (Wildman–Crippen MR) is 176 cm³/mol. The molecule has 2 aliphatic rings. The van der Waals surface area contributed by atoms with Crippen LogP contribution < -0.4 is 0 Å². The van der Waals surface area contributed by atoms with Gasteiger partial charge in [0.2, 0.25) is 0 Å². The molecule has 0 aliphatic heterocycles. The van der Waals surface area contributed by atoms with Gasteiger partial charge in [0.05, 0.1) is 5.56 Å². The van der Waals surface area contributed by atoms with E-state index in [1.165, 1.54) is 31.2 Å². The zero-order chi connectivity index (χ0) is 37.8. The van der Waals surface area contributed by atoms with E-state index in [1.807, 2.05) is 0 Å². The van der Waals surface area contributed by atoms with Crippen LogP contribution in [0.15, 0.2) is 54.1 Å². The zero-order valence-electron chi connectivity index (χ0n) is 30.1. The van der Waals surface area contributed by atoms with Gasteiger partial charge < -0.3 is 28.4 Å². The highest BCUT2D eigenvalue weighted by Crippen LogP contribution is 2.49. The van der Waals surface area contributed by atoms with E-state index < -0.39 is 94.5 Å². The molecule has 0 radical (unpaired) electrons. The van der Waals surface area contributed by atoms with Gasteiger partial charge in [-0.1, -0.05) is 58.0 Å². The van der Waals surface area contributed by atoms with Crippen molar-refractivity contribution >= 4 is 41.6 Å². The fourth-order valence-electron chi connectivity index (χ4n) is 6.70. The Hall–Kier alpha value is -4.81. The van der Waals surface area contributed by atoms with Crippen LogP contribution >= 0.6 is 0 Å². The highest BCUT2D eigenvalue weighted by Gasteiger charge is 2.61. The van der Waals surface area contributed by atoms with Crippen molar-refractivity contribution in [2.45, 2.75) is 111 Å². The van der Waals surface area contributed by atoms with Gasteiger partial charge in [-0.25, -0.2) is 4.79 Å². The van der Waals surface area contributed by atoms with Gasteiger partial charge in [0.15, 0.2) is 35.3 Å². The first-order valence-electron chi connectivity index (χ1n) is 16.3. The maximum atomic E-state index is 14.7. The van der Waals surface area contributed by atoms with Crippen LogP contribution in [0.2, 0.25) is 0 Å². The van der Waals surface area contributed by atoms with E-state index in [-0.39, 0.29) is 17.6 Å². The van der Waals surface area contributed by atoms with Gasteiger partial charge >= 0.3 is 35.8 Å². The summed E-state index contributed by atoms with van der Waals surface area (Å²) in [6.07, 6.45) is -1.78. The number of allylic oxidation sites excluding steroid dienone is 1. The largest absolute Gasteiger partial charge is 0.458 e. The highest BCUT2D eigenvalue weighted by atomic mass is 16.6. The maximum absolute atomic E-state index is 14.7. The Morgan fingerprint density at radius 1 is 0.700 bits per heavy atom. The standard InChI is InChI=1S/C37H46O13/c1-20-16-17-35(8,9)32(46-23(4)39)30(45-22(3)38)33(47-24(5)40)36(10,49-25(6)41)19-28-29(48-34(44)27-14-12-11-13-15-27)21(2)18-37(28,31(20)43)50-26(7)42/h11-17,19-21,29-30,32-33H,18H2,1-10H3/b17-16-,28-19-/t20-,21+,29+,30-,32-,33-,36+,37-/m1/s1. The lowest BCUT2D eigenvalue weighted by Crippen LogP contribution is -2.60. The van der Waals surface area contributed by atoms with Crippen LogP contribution in [0.4, 0.5) is 0 Å². The SMILES string of the molecule is CC(=O)O[C@@H]1[C@@H](OC(C)=O)C(C)(C)/C=C\[C@@H](C)C(=O)[C@@]2(OC(C)=O)C[C@H](C)[C@H](OC(=O)c3ccccc3)/C2=C/[C@](C)(OC(C)=O)[C@@H]1OC(C)=O. The van der Waals surface area contributed by atoms with Gasteiger partial charge in [0, 0.05) is 63.9 Å². The number of carbonyl (C=O) groups excluding carboxylic acids is 7. The van der Waals surface area contributed by atoms with Crippen LogP contribution in [0.25, 0.3) is 0 Å². The average Bonchev–Trinajstić information content (AvgIpc) is 3.24. The van der Waals surface area contributed by atoms with Gasteiger partial charge in [-0.2, -0.15) is 0 Å². The molecule has 1 aromatic rings. The molecule has 0 spiro atoms. The lowest BCUT2D eigenvalue weighted by Gasteiger charge is -2.45. The number of Topliss-reactive ketones (excluding diaryl/α,β-unsaturated/α-hetero) is 1. The third-order valence-electron chi connectivity index (χ3n) is 8.68. The second-order valence-electron chi connectivity index (χ2n) is 13.6. The average molecular weight is 699 g/mol. The minimum Gasteiger partial charge on any atom is -0.458 e. The third kappa shape index (κ3) is 8.85. The molecule has 0 unspecified atom stereocenters. The van der Waals surface area contributed by atoms with Crippen LogP contribution in [-0.4, -0.2) is 77.2 Å². The van der Waals surface area contributed by atoms with E-state index in [9.17, 15) is 33.6 Å². The van der Waals surface area contributed by atoms with Crippen molar-refractivity contribution in [2.24, 2.45) is 17.3 Å². The lowest BCUT2D eigenvalue weighted by molar-refractivity contribution is -0.213. The van der Waals surface area contributed by atoms with Crippen molar-refractivity contribution in [3.63, 3.8) is 0 Å². The summed E-state index contributed by atoms with van der Waals surface area (Å²) >= 11 is 0. The predicted octanol–water partition coefficient (Wildman–Crippen LogP) is 4.40. The number of rotatable bonds is 7. The summed E-state index contributed by atoms with van der Waals surface area (Å²) < 4.78 is 35.2. The second kappa shape index (κ2) is 15.4. The minimum atomic E-state index is -2.15. The molecule has 0 heterocycles. The van der Waals surface area contributed by atoms with Gasteiger partial charge in [-0.15, -0.1) is 0 Å². The zero-order valence-corrected chi connectivity index (χ0v) is 30.1. The number of benzene rings is 1. The van der Waals surface area contributed by atoms with Crippen molar-refractivity contribution in [1.82, 2.24) is 0 Å². The summed E-state index contributed by atoms with van der Waals surface area (Å²) in [6.45, 7) is 13.4. The third-order valence-corrected chi connectivity index (χ3v) is 8.68. The Labute approximate surface area is 291 Å². The Morgan fingerprint density at radius 3 is 1.76 bits per heavy atom. The summed E-state index contributed by atoms with van der Waals surface area (Å²) in [6, 6.07) is 8.07. The Kier molecular flexibility index (Phi) is 12.2. The molecule has 13 heteroatoms. The van der Waals surface area contributed by atoms with Crippen LogP contribution in [-0.2, 0) is 57.2 Å². The molecule has 8 atom stereocenters. The summed E-state index contributed by atoms with van der Waals surface area (Å²) in [4.78, 5) is 91.9. The smallest absolute Gasteiger partial charge is 0.338 e. The number of fused-ring (bicyclic) bond motifs is 1. The molecule has 2 aliphatic carbocycles. The maximum Gasteiger partial charge on any atom is 0.338 e. The fourth-order valence-corrected chi connectivity index (χ4v) is 6.70. The van der Waals surface area contributed by atoms with Crippen molar-refractivity contribution < 1.29 is 62.0 Å². The molecular formula is C37H46O13. The van der Waals surface area contributed by atoms with Crippen molar-refractivity contribution in [1.29, 1.82) is 0 Å². The molecule has 0 amide bonds. The molecule has 0 N–H and O–H groups in total. The van der Waals surface area contributed by atoms with Crippen molar-refractivity contribution in [2.75, 3.05) is 0 Å². The first-order valence-corrected chi connectivity index (χ1v) is 16.3. The van der Waals surface area contributed by atoms with Gasteiger partial charge in [0.25, 0.3) is 0 Å². The summed E-state index contributed by atoms with van der Waals surface area (Å²) in [5.74, 6) is -7.19. The number of hydrogen-bond acceptors (Lipinski definition) is 13. The Bertz CT molecular complexity index is 1570. The first kappa shape index (κ1) is 39.6. The highest BCUT2D eigenvalue weighted by molar-refractivity contribution is 5.97. The van der Waals surface area contributed by atoms with E-state index in [0.717, 1.165) is 34.6 Å². The fraction of sp³-hybridized carbons (Fsp3) is 0.541. The molecule has 13 nitrogen and oxygen atoms in total. The van der Waals surface area contributed by atoms with Crippen LogP contribution in [0.5, 0.6) is 0 Å². The molecule has 0 bridgehead atoms. The molecule has 50 heavy (non-hydrogen) atoms. The van der Waals surface area contributed by atoms with Crippen LogP contribution in [0.1, 0.15) is 86.0 Å². The Balaban J connectivity index is 2.53. The molecule has 272 valence electrons. The van der Waals surface area contributed by atoms with Gasteiger partial charge in [-0.05, 0) is 25.1 Å². The van der Waals surface area contributed by atoms with E-state index >= 15 is 0 Å². The van der Waals surface area contributed by atoms with E-state index in [4.69, 9.17) is 28.4 Å². The monoisotopic (exact) mass is 698 g/mol. The molecule has 3 rings (SSSR count). The first-order chi connectivity index (χ1) is 23.1. The quantitative estimate of drug-likeness (QED) is 0.223. The number of esters is 6. The van der Waals surface area contributed by atoms with Gasteiger partial charge in [0.1, 0.15) is 6.10 Å². The molecule has 1 fully saturated rings. The van der Waals surface area contributed by atoms with E-state index in [2.05, 4.69) is 0 Å². The molecular weight excluding hydrogens is 652 g/mol. The number of ether oxygens (including phenoxy) is 6. The minimum absolute atomic E-state index is 0.0684. The number of carbonyl (C=O) groups is 7. The number of ketones is 1. The molecule has 1 saturated carbocycles. The Morgan fingerprint density at radius 2 is 1.24 bits per heavy atom. The molecule has 0 aromatic heterocycles. The van der Waals surface area contributed by atoms with Crippen molar-refractivity contribution in [3.05, 3.63) is 59.7 Å². The molecule has 1 aromatic carbocycles. The van der Waals surface area contributed by atoms with E-state index in [0.29, 0.717) is 0 Å². The summed E-state index contributed by atoms with van der Waals surface area (Å²) in [5.41, 5.74) is -5.31. The summed E-state index contributed by atoms with van der Waals surface area (Å²) in [7, 11) is 0. The van der Waals surface area contributed by atoms with Crippen LogP contribution in [0, 0.1) is 17.3 Å². The van der Waals surface area contributed by atoms with Gasteiger partial charge in [-0.3, -0.25) is 28.8 Å². The van der Waals surface area contributed by atoms with Crippen molar-refractivity contribution in [3.8, 4) is 0 Å². The lowest BCUT2D eigenvalue weighted by atomic mass is 9.74. The van der Waals surface area contributed by atoms with Crippen LogP contribution in [0.3, 0.4) is 0 Å². The second-order valence-corrected chi connectivity index (χ2v) is 13.6. The number of hydrogen-bond donors (Lipinski definition) is 0. The van der Waals surface area contributed by atoms with E-state index in [1.54, 1.807) is 52.0 Å².